The smallest absolute Gasteiger partial charge is 0.239 e. The number of hydrogen-bond donors (Lipinski definition) is 2. The van der Waals surface area contributed by atoms with Crippen molar-refractivity contribution >= 4 is 27.7 Å². The van der Waals surface area contributed by atoms with Crippen LogP contribution in [0.25, 0.3) is 0 Å². The molecule has 0 heterocycles. The summed E-state index contributed by atoms with van der Waals surface area (Å²) in [6, 6.07) is 7.88. The van der Waals surface area contributed by atoms with Crippen molar-refractivity contribution in [2.45, 2.75) is 38.1 Å². The van der Waals surface area contributed by atoms with Crippen LogP contribution in [0.15, 0.2) is 28.7 Å². The number of halogens is 1. The summed E-state index contributed by atoms with van der Waals surface area (Å²) in [5.41, 5.74) is 0.918. The molecule has 2 amide bonds. The molecule has 108 valence electrons. The Morgan fingerprint density at radius 2 is 1.85 bits per heavy atom. The predicted molar refractivity (Wildman–Crippen MR) is 81.3 cm³/mol. The number of nitrogens with one attached hydrogen (secondary N) is 2. The van der Waals surface area contributed by atoms with E-state index in [0.717, 1.165) is 22.9 Å². The van der Waals surface area contributed by atoms with Crippen molar-refractivity contribution in [2.75, 3.05) is 6.54 Å². The second-order valence-corrected chi connectivity index (χ2v) is 5.95. The van der Waals surface area contributed by atoms with Gasteiger partial charge in [0.15, 0.2) is 0 Å². The Kier molecular flexibility index (Phi) is 5.59. The third-order valence-corrected chi connectivity index (χ3v) is 4.25. The van der Waals surface area contributed by atoms with Gasteiger partial charge in [-0.25, -0.2) is 0 Å². The Balaban J connectivity index is 1.72. The van der Waals surface area contributed by atoms with Gasteiger partial charge in [-0.05, 0) is 24.5 Å². The monoisotopic (exact) mass is 338 g/mol. The minimum Gasteiger partial charge on any atom is -0.352 e. The Labute approximate surface area is 127 Å². The van der Waals surface area contributed by atoms with Crippen LogP contribution >= 0.6 is 15.9 Å². The fraction of sp³-hybridized carbons (Fsp3) is 0.467. The van der Waals surface area contributed by atoms with Crippen molar-refractivity contribution in [2.24, 2.45) is 0 Å². The summed E-state index contributed by atoms with van der Waals surface area (Å²) in [4.78, 5) is 23.5. The molecule has 0 bridgehead atoms. The highest BCUT2D eigenvalue weighted by Gasteiger charge is 2.17. The van der Waals surface area contributed by atoms with Crippen LogP contribution in [0.1, 0.15) is 31.2 Å². The van der Waals surface area contributed by atoms with Gasteiger partial charge >= 0.3 is 0 Å². The Morgan fingerprint density at radius 1 is 1.15 bits per heavy atom. The molecule has 1 saturated carbocycles. The van der Waals surface area contributed by atoms with Gasteiger partial charge in [0.05, 0.1) is 13.0 Å². The minimum atomic E-state index is -0.140. The number of hydrogen-bond acceptors (Lipinski definition) is 2. The molecule has 1 aliphatic rings. The van der Waals surface area contributed by atoms with E-state index in [1.54, 1.807) is 0 Å². The lowest BCUT2D eigenvalue weighted by molar-refractivity contribution is -0.126. The van der Waals surface area contributed by atoms with Crippen LogP contribution in [-0.2, 0) is 16.0 Å². The van der Waals surface area contributed by atoms with E-state index in [-0.39, 0.29) is 24.8 Å². The number of rotatable bonds is 5. The van der Waals surface area contributed by atoms with Gasteiger partial charge < -0.3 is 10.6 Å². The zero-order valence-electron chi connectivity index (χ0n) is 11.3. The Hall–Kier alpha value is -1.36. The Bertz CT molecular complexity index is 485. The molecule has 20 heavy (non-hydrogen) atoms. The molecule has 1 aromatic rings. The first-order valence-corrected chi connectivity index (χ1v) is 7.74. The lowest BCUT2D eigenvalue weighted by Gasteiger charge is -2.12. The first-order chi connectivity index (χ1) is 9.65. The van der Waals surface area contributed by atoms with E-state index < -0.39 is 0 Å². The largest absolute Gasteiger partial charge is 0.352 e. The molecule has 0 radical (unpaired) electrons. The fourth-order valence-electron chi connectivity index (χ4n) is 2.40. The van der Waals surface area contributed by atoms with E-state index in [4.69, 9.17) is 0 Å². The number of carbonyl (C=O) groups is 2. The highest BCUT2D eigenvalue weighted by Crippen LogP contribution is 2.17. The molecule has 0 spiro atoms. The minimum absolute atomic E-state index is 0.0553. The van der Waals surface area contributed by atoms with Crippen LogP contribution in [0.2, 0.25) is 0 Å². The molecule has 2 N–H and O–H groups in total. The first kappa shape index (κ1) is 15.0. The van der Waals surface area contributed by atoms with E-state index in [1.807, 2.05) is 24.3 Å². The summed E-state index contributed by atoms with van der Waals surface area (Å²) in [5.74, 6) is -0.240. The van der Waals surface area contributed by atoms with Crippen LogP contribution in [0.5, 0.6) is 0 Å². The van der Waals surface area contributed by atoms with Gasteiger partial charge in [-0.15, -0.1) is 0 Å². The Morgan fingerprint density at radius 3 is 2.55 bits per heavy atom. The zero-order valence-corrected chi connectivity index (χ0v) is 12.9. The molecular weight excluding hydrogens is 320 g/mol. The van der Waals surface area contributed by atoms with Crippen molar-refractivity contribution in [3.05, 3.63) is 34.3 Å². The van der Waals surface area contributed by atoms with Gasteiger partial charge in [0, 0.05) is 10.5 Å². The lowest BCUT2D eigenvalue weighted by Crippen LogP contribution is -2.41. The molecule has 2 rings (SSSR count). The summed E-state index contributed by atoms with van der Waals surface area (Å²) < 4.78 is 0.908. The summed E-state index contributed by atoms with van der Waals surface area (Å²) in [6.45, 7) is 0.0553. The van der Waals surface area contributed by atoms with E-state index >= 15 is 0 Å². The average molecular weight is 339 g/mol. The standard InChI is InChI=1S/C15H19BrN2O2/c16-13-8-4-1-5-11(13)9-14(19)17-10-15(20)18-12-6-2-3-7-12/h1,4-5,8,12H,2-3,6-7,9-10H2,(H,17,19)(H,18,20). The molecule has 5 heteroatoms. The molecule has 1 fully saturated rings. The average Bonchev–Trinajstić information content (AvgIpc) is 2.92. The maximum atomic E-state index is 11.8. The van der Waals surface area contributed by atoms with Crippen LogP contribution in [0, 0.1) is 0 Å². The molecule has 1 aromatic carbocycles. The molecule has 0 atom stereocenters. The third kappa shape index (κ3) is 4.63. The molecule has 0 aromatic heterocycles. The van der Waals surface area contributed by atoms with Crippen molar-refractivity contribution < 1.29 is 9.59 Å². The molecule has 0 saturated heterocycles. The van der Waals surface area contributed by atoms with Gasteiger partial charge in [0.2, 0.25) is 11.8 Å². The molecular formula is C15H19BrN2O2. The number of amides is 2. The second kappa shape index (κ2) is 7.43. The normalized spacial score (nSPS) is 15.1. The van der Waals surface area contributed by atoms with Crippen molar-refractivity contribution in [3.8, 4) is 0 Å². The molecule has 1 aliphatic carbocycles. The number of carbonyl (C=O) groups excluding carboxylic acids is 2. The van der Waals surface area contributed by atoms with Crippen molar-refractivity contribution in [1.29, 1.82) is 0 Å². The maximum Gasteiger partial charge on any atom is 0.239 e. The third-order valence-electron chi connectivity index (χ3n) is 3.48. The SMILES string of the molecule is O=C(Cc1ccccc1Br)NCC(=O)NC1CCCC1. The van der Waals surface area contributed by atoms with Gasteiger partial charge in [0.1, 0.15) is 0 Å². The quantitative estimate of drug-likeness (QED) is 0.864. The van der Waals surface area contributed by atoms with Gasteiger partial charge in [-0.1, -0.05) is 47.0 Å². The van der Waals surface area contributed by atoms with Gasteiger partial charge in [-0.2, -0.15) is 0 Å². The van der Waals surface area contributed by atoms with Crippen LogP contribution in [0.4, 0.5) is 0 Å². The summed E-state index contributed by atoms with van der Waals surface area (Å²) >= 11 is 3.40. The highest BCUT2D eigenvalue weighted by molar-refractivity contribution is 9.10. The maximum absolute atomic E-state index is 11.8. The van der Waals surface area contributed by atoms with Crippen molar-refractivity contribution in [1.82, 2.24) is 10.6 Å². The topological polar surface area (TPSA) is 58.2 Å². The zero-order chi connectivity index (χ0) is 14.4. The van der Waals surface area contributed by atoms with E-state index in [2.05, 4.69) is 26.6 Å². The van der Waals surface area contributed by atoms with Crippen LogP contribution < -0.4 is 10.6 Å². The van der Waals surface area contributed by atoms with Crippen molar-refractivity contribution in [3.63, 3.8) is 0 Å². The first-order valence-electron chi connectivity index (χ1n) is 6.94. The van der Waals surface area contributed by atoms with E-state index in [1.165, 1.54) is 12.8 Å². The predicted octanol–water partition coefficient (Wildman–Crippen LogP) is 2.17. The number of benzene rings is 1. The summed E-state index contributed by atoms with van der Waals surface area (Å²) in [5, 5.41) is 5.61. The summed E-state index contributed by atoms with van der Waals surface area (Å²) in [7, 11) is 0. The fourth-order valence-corrected chi connectivity index (χ4v) is 2.83. The van der Waals surface area contributed by atoms with Gasteiger partial charge in [0.25, 0.3) is 0 Å². The van der Waals surface area contributed by atoms with E-state index in [9.17, 15) is 9.59 Å². The molecule has 4 nitrogen and oxygen atoms in total. The van der Waals surface area contributed by atoms with Gasteiger partial charge in [-0.3, -0.25) is 9.59 Å². The second-order valence-electron chi connectivity index (χ2n) is 5.09. The van der Waals surface area contributed by atoms with E-state index in [0.29, 0.717) is 6.04 Å². The highest BCUT2D eigenvalue weighted by atomic mass is 79.9. The summed E-state index contributed by atoms with van der Waals surface area (Å²) in [6.07, 6.45) is 4.74. The molecule has 0 unspecified atom stereocenters. The molecule has 0 aliphatic heterocycles. The van der Waals surface area contributed by atoms with Crippen LogP contribution in [-0.4, -0.2) is 24.4 Å². The van der Waals surface area contributed by atoms with Crippen LogP contribution in [0.3, 0.4) is 0 Å². The lowest BCUT2D eigenvalue weighted by atomic mass is 10.1.